The zero-order valence-corrected chi connectivity index (χ0v) is 21.8. The highest BCUT2D eigenvalue weighted by Crippen LogP contribution is 2.32. The standard InChI is InChI=1S/C30H26F3N5O2/c1-19-16-20(18-34)17-25-27(19)40-28(35-25)21-2-6-24(7-3-21)38-11-10-26(29(38)39)37-14-12-36(13-15-37)23-8-4-22(5-9-23)30(31,32)33/h2-9,16-17,26H,10-15H2,1H3. The SMILES string of the molecule is Cc1cc(C#N)cc2nc(-c3ccc(N4CCC(N5CCN(c6ccc(C(F)(F)F)cc6)CC5)C4=O)cc3)oc12. The number of aryl methyl sites for hydroxylation is 1. The van der Waals surface area contributed by atoms with E-state index >= 15 is 0 Å². The summed E-state index contributed by atoms with van der Waals surface area (Å²) in [4.78, 5) is 23.9. The predicted molar refractivity (Wildman–Crippen MR) is 145 cm³/mol. The third kappa shape index (κ3) is 4.77. The smallest absolute Gasteiger partial charge is 0.416 e. The van der Waals surface area contributed by atoms with E-state index in [-0.39, 0.29) is 11.9 Å². The normalized spacial score (nSPS) is 18.5. The number of carbonyl (C=O) groups excluding carboxylic acids is 1. The van der Waals surface area contributed by atoms with Crippen LogP contribution in [-0.2, 0) is 11.0 Å². The van der Waals surface area contributed by atoms with Crippen molar-refractivity contribution >= 4 is 28.4 Å². The molecule has 2 aliphatic rings. The van der Waals surface area contributed by atoms with E-state index in [1.165, 1.54) is 12.1 Å². The number of hydrogen-bond donors (Lipinski definition) is 0. The van der Waals surface area contributed by atoms with Crippen molar-refractivity contribution in [1.82, 2.24) is 9.88 Å². The minimum Gasteiger partial charge on any atom is -0.436 e. The first-order valence-electron chi connectivity index (χ1n) is 13.1. The quantitative estimate of drug-likeness (QED) is 0.331. The summed E-state index contributed by atoms with van der Waals surface area (Å²) in [5.41, 5.74) is 4.34. The van der Waals surface area contributed by atoms with Crippen molar-refractivity contribution < 1.29 is 22.4 Å². The van der Waals surface area contributed by atoms with Crippen LogP contribution < -0.4 is 9.80 Å². The molecule has 2 aliphatic heterocycles. The topological polar surface area (TPSA) is 76.6 Å². The summed E-state index contributed by atoms with van der Waals surface area (Å²) in [5, 5.41) is 9.22. The lowest BCUT2D eigenvalue weighted by atomic mass is 10.1. The molecule has 0 spiro atoms. The molecule has 0 bridgehead atoms. The highest BCUT2D eigenvalue weighted by Gasteiger charge is 2.38. The molecule has 2 saturated heterocycles. The Balaban J connectivity index is 1.10. The summed E-state index contributed by atoms with van der Waals surface area (Å²) < 4.78 is 44.6. The number of oxazole rings is 1. The number of carbonyl (C=O) groups is 1. The Morgan fingerprint density at radius 2 is 1.62 bits per heavy atom. The number of amides is 1. The Labute approximate surface area is 229 Å². The Morgan fingerprint density at radius 3 is 2.27 bits per heavy atom. The van der Waals surface area contributed by atoms with Gasteiger partial charge < -0.3 is 14.2 Å². The van der Waals surface area contributed by atoms with Crippen LogP contribution in [0.5, 0.6) is 0 Å². The molecule has 40 heavy (non-hydrogen) atoms. The zero-order valence-electron chi connectivity index (χ0n) is 21.8. The summed E-state index contributed by atoms with van der Waals surface area (Å²) in [6, 6.07) is 18.2. The van der Waals surface area contributed by atoms with Gasteiger partial charge in [-0.25, -0.2) is 4.98 Å². The van der Waals surface area contributed by atoms with Crippen molar-refractivity contribution in [1.29, 1.82) is 5.26 Å². The van der Waals surface area contributed by atoms with Crippen LogP contribution in [0, 0.1) is 18.3 Å². The van der Waals surface area contributed by atoms with E-state index in [1.54, 1.807) is 17.0 Å². The largest absolute Gasteiger partial charge is 0.436 e. The van der Waals surface area contributed by atoms with Crippen molar-refractivity contribution in [2.75, 3.05) is 42.5 Å². The van der Waals surface area contributed by atoms with Gasteiger partial charge in [0, 0.05) is 49.7 Å². The molecule has 7 nitrogen and oxygen atoms in total. The average molecular weight is 546 g/mol. The van der Waals surface area contributed by atoms with Gasteiger partial charge in [0.25, 0.3) is 0 Å². The van der Waals surface area contributed by atoms with Gasteiger partial charge in [0.15, 0.2) is 5.58 Å². The van der Waals surface area contributed by atoms with E-state index in [4.69, 9.17) is 4.42 Å². The lowest BCUT2D eigenvalue weighted by Gasteiger charge is -2.38. The van der Waals surface area contributed by atoms with E-state index in [1.807, 2.05) is 31.2 Å². The minimum absolute atomic E-state index is 0.0530. The molecule has 3 aromatic carbocycles. The van der Waals surface area contributed by atoms with Crippen LogP contribution in [-0.4, -0.2) is 54.6 Å². The van der Waals surface area contributed by atoms with E-state index in [0.717, 1.165) is 34.6 Å². The molecular formula is C30H26F3N5O2. The van der Waals surface area contributed by atoms with Crippen LogP contribution in [0.15, 0.2) is 65.1 Å². The highest BCUT2D eigenvalue weighted by molar-refractivity contribution is 5.99. The fourth-order valence-electron chi connectivity index (χ4n) is 5.59. The molecule has 3 heterocycles. The fraction of sp³-hybridized carbons (Fsp3) is 0.300. The molecule has 1 amide bonds. The van der Waals surface area contributed by atoms with Crippen LogP contribution >= 0.6 is 0 Å². The molecular weight excluding hydrogens is 519 g/mol. The fourth-order valence-corrected chi connectivity index (χ4v) is 5.59. The molecule has 0 radical (unpaired) electrons. The van der Waals surface area contributed by atoms with Gasteiger partial charge in [-0.1, -0.05) is 0 Å². The number of fused-ring (bicyclic) bond motifs is 1. The van der Waals surface area contributed by atoms with Crippen LogP contribution in [0.1, 0.15) is 23.1 Å². The maximum absolute atomic E-state index is 13.4. The highest BCUT2D eigenvalue weighted by atomic mass is 19.4. The summed E-state index contributed by atoms with van der Waals surface area (Å²) in [7, 11) is 0. The Bertz CT molecular complexity index is 1600. The zero-order chi connectivity index (χ0) is 28.0. The van der Waals surface area contributed by atoms with Crippen molar-refractivity contribution in [3.05, 3.63) is 77.4 Å². The van der Waals surface area contributed by atoms with Gasteiger partial charge in [-0.05, 0) is 79.6 Å². The van der Waals surface area contributed by atoms with Crippen LogP contribution in [0.4, 0.5) is 24.5 Å². The van der Waals surface area contributed by atoms with Gasteiger partial charge in [-0.15, -0.1) is 0 Å². The van der Waals surface area contributed by atoms with Gasteiger partial charge in [0.1, 0.15) is 5.52 Å². The van der Waals surface area contributed by atoms with E-state index < -0.39 is 11.7 Å². The number of aromatic nitrogens is 1. The molecule has 204 valence electrons. The molecule has 6 rings (SSSR count). The van der Waals surface area contributed by atoms with E-state index in [0.29, 0.717) is 61.7 Å². The number of nitrogens with zero attached hydrogens (tertiary/aromatic N) is 5. The maximum Gasteiger partial charge on any atom is 0.416 e. The van der Waals surface area contributed by atoms with Gasteiger partial charge >= 0.3 is 6.18 Å². The number of halogens is 3. The number of anilines is 2. The molecule has 10 heteroatoms. The Morgan fingerprint density at radius 1 is 0.950 bits per heavy atom. The third-order valence-corrected chi connectivity index (χ3v) is 7.72. The van der Waals surface area contributed by atoms with Crippen LogP contribution in [0.25, 0.3) is 22.6 Å². The van der Waals surface area contributed by atoms with Crippen molar-refractivity contribution in [2.45, 2.75) is 25.6 Å². The second-order valence-corrected chi connectivity index (χ2v) is 10.2. The number of piperazine rings is 1. The number of rotatable bonds is 4. The van der Waals surface area contributed by atoms with Crippen molar-refractivity contribution in [2.24, 2.45) is 0 Å². The number of hydrogen-bond acceptors (Lipinski definition) is 6. The molecule has 0 aliphatic carbocycles. The average Bonchev–Trinajstić information content (AvgIpc) is 3.57. The lowest BCUT2D eigenvalue weighted by Crippen LogP contribution is -2.52. The Hall–Kier alpha value is -4.36. The summed E-state index contributed by atoms with van der Waals surface area (Å²) in [5.74, 6) is 0.508. The molecule has 2 fully saturated rings. The predicted octanol–water partition coefficient (Wildman–Crippen LogP) is 5.62. The number of nitriles is 1. The Kier molecular flexibility index (Phi) is 6.47. The van der Waals surface area contributed by atoms with E-state index in [2.05, 4.69) is 20.9 Å². The second kappa shape index (κ2) is 9.99. The third-order valence-electron chi connectivity index (χ3n) is 7.72. The van der Waals surface area contributed by atoms with E-state index in [9.17, 15) is 23.2 Å². The molecule has 1 aromatic heterocycles. The minimum atomic E-state index is -4.35. The molecule has 4 aromatic rings. The lowest BCUT2D eigenvalue weighted by molar-refractivity contribution is -0.137. The molecule has 1 unspecified atom stereocenters. The van der Waals surface area contributed by atoms with Gasteiger partial charge in [0.05, 0.1) is 23.2 Å². The summed E-state index contributed by atoms with van der Waals surface area (Å²) in [6.45, 7) is 5.10. The second-order valence-electron chi connectivity index (χ2n) is 10.2. The molecule has 0 N–H and O–H groups in total. The monoisotopic (exact) mass is 545 g/mol. The first-order valence-corrected chi connectivity index (χ1v) is 13.1. The van der Waals surface area contributed by atoms with Crippen LogP contribution in [0.3, 0.4) is 0 Å². The summed E-state index contributed by atoms with van der Waals surface area (Å²) in [6.07, 6.45) is -3.63. The number of benzene rings is 3. The van der Waals surface area contributed by atoms with Crippen molar-refractivity contribution in [3.63, 3.8) is 0 Å². The first-order chi connectivity index (χ1) is 19.2. The van der Waals surface area contributed by atoms with Gasteiger partial charge in [-0.2, -0.15) is 18.4 Å². The summed E-state index contributed by atoms with van der Waals surface area (Å²) >= 11 is 0. The molecule has 1 atom stereocenters. The molecule has 0 saturated carbocycles. The maximum atomic E-state index is 13.4. The van der Waals surface area contributed by atoms with Gasteiger partial charge in [-0.3, -0.25) is 9.69 Å². The van der Waals surface area contributed by atoms with Crippen LogP contribution in [0.2, 0.25) is 0 Å². The number of alkyl halides is 3. The van der Waals surface area contributed by atoms with Crippen molar-refractivity contribution in [3.8, 4) is 17.5 Å². The van der Waals surface area contributed by atoms with Gasteiger partial charge in [0.2, 0.25) is 11.8 Å². The first kappa shape index (κ1) is 25.9.